The fraction of sp³-hybridized carbons (Fsp3) is 0.167. The summed E-state index contributed by atoms with van der Waals surface area (Å²) in [4.78, 5) is 12.6. The Kier molecular flexibility index (Phi) is 3.93. The molecule has 2 aromatic carbocycles. The number of hydrogen-bond donors (Lipinski definition) is 1. The number of amides is 1. The van der Waals surface area contributed by atoms with Gasteiger partial charge in [0.2, 0.25) is 0 Å². The summed E-state index contributed by atoms with van der Waals surface area (Å²) in [5.74, 6) is -0.248. The van der Waals surface area contributed by atoms with Crippen LogP contribution in [0.2, 0.25) is 0 Å². The zero-order chi connectivity index (χ0) is 16.4. The van der Waals surface area contributed by atoms with Crippen LogP contribution in [-0.4, -0.2) is 20.9 Å². The Hall–Kier alpha value is -2.95. The maximum absolute atomic E-state index is 12.6. The number of hydrogen-bond acceptors (Lipinski definition) is 3. The van der Waals surface area contributed by atoms with E-state index in [-0.39, 0.29) is 5.91 Å². The molecule has 0 bridgehead atoms. The molecule has 1 amide bonds. The Balaban J connectivity index is 1.91. The summed E-state index contributed by atoms with van der Waals surface area (Å²) in [5, 5.41) is 11.1. The van der Waals surface area contributed by atoms with Crippen molar-refractivity contribution < 1.29 is 4.79 Å². The minimum Gasteiger partial charge on any atom is -0.320 e. The largest absolute Gasteiger partial charge is 0.320 e. The second kappa shape index (κ2) is 6.04. The summed E-state index contributed by atoms with van der Waals surface area (Å²) >= 11 is 0. The molecule has 0 radical (unpaired) electrons. The predicted octanol–water partition coefficient (Wildman–Crippen LogP) is 3.44. The second-order valence-electron chi connectivity index (χ2n) is 5.49. The van der Waals surface area contributed by atoms with Gasteiger partial charge in [-0.25, -0.2) is 4.68 Å². The first kappa shape index (κ1) is 15.0. The summed E-state index contributed by atoms with van der Waals surface area (Å²) in [6.45, 7) is 5.78. The first-order valence-corrected chi connectivity index (χ1v) is 7.43. The van der Waals surface area contributed by atoms with Crippen LogP contribution >= 0.6 is 0 Å². The molecule has 0 aliphatic rings. The van der Waals surface area contributed by atoms with Gasteiger partial charge in [0.25, 0.3) is 5.91 Å². The van der Waals surface area contributed by atoms with Crippen molar-refractivity contribution in [3.63, 3.8) is 0 Å². The fourth-order valence-electron chi connectivity index (χ4n) is 2.54. The zero-order valence-electron chi connectivity index (χ0n) is 13.4. The predicted molar refractivity (Wildman–Crippen MR) is 90.0 cm³/mol. The summed E-state index contributed by atoms with van der Waals surface area (Å²) < 4.78 is 1.67. The Morgan fingerprint density at radius 2 is 1.61 bits per heavy atom. The van der Waals surface area contributed by atoms with Gasteiger partial charge in [-0.05, 0) is 44.0 Å². The Morgan fingerprint density at radius 3 is 2.26 bits per heavy atom. The lowest BCUT2D eigenvalue weighted by Gasteiger charge is -2.10. The van der Waals surface area contributed by atoms with E-state index >= 15 is 0 Å². The third kappa shape index (κ3) is 2.85. The quantitative estimate of drug-likeness (QED) is 0.806. The van der Waals surface area contributed by atoms with Gasteiger partial charge < -0.3 is 5.32 Å². The van der Waals surface area contributed by atoms with Crippen LogP contribution in [0.1, 0.15) is 27.3 Å². The summed E-state index contributed by atoms with van der Waals surface area (Å²) in [6, 6.07) is 15.5. The summed E-state index contributed by atoms with van der Waals surface area (Å²) in [5.41, 5.74) is 4.78. The molecular weight excluding hydrogens is 288 g/mol. The van der Waals surface area contributed by atoms with Crippen molar-refractivity contribution >= 4 is 11.6 Å². The lowest BCUT2D eigenvalue weighted by atomic mass is 10.1. The van der Waals surface area contributed by atoms with E-state index in [0.29, 0.717) is 11.4 Å². The molecule has 0 saturated carbocycles. The average Bonchev–Trinajstić information content (AvgIpc) is 2.93. The number of carbonyl (C=O) groups excluding carboxylic acids is 1. The van der Waals surface area contributed by atoms with Crippen molar-refractivity contribution in [2.75, 3.05) is 5.32 Å². The molecule has 23 heavy (non-hydrogen) atoms. The molecule has 0 aliphatic heterocycles. The van der Waals surface area contributed by atoms with Gasteiger partial charge in [-0.2, -0.15) is 0 Å². The van der Waals surface area contributed by atoms with Crippen molar-refractivity contribution in [1.82, 2.24) is 15.0 Å². The number of aromatic nitrogens is 3. The molecule has 3 aromatic rings. The van der Waals surface area contributed by atoms with Crippen molar-refractivity contribution in [2.24, 2.45) is 0 Å². The van der Waals surface area contributed by atoms with E-state index in [0.717, 1.165) is 22.5 Å². The number of anilines is 1. The molecule has 0 unspecified atom stereocenters. The third-order valence-electron chi connectivity index (χ3n) is 3.83. The van der Waals surface area contributed by atoms with Crippen LogP contribution < -0.4 is 5.32 Å². The monoisotopic (exact) mass is 306 g/mol. The van der Waals surface area contributed by atoms with Gasteiger partial charge in [-0.3, -0.25) is 4.79 Å². The number of rotatable bonds is 3. The SMILES string of the molecule is Cc1cccc(C)c1NC(=O)c1nnn(-c2ccccc2)c1C. The van der Waals surface area contributed by atoms with Crippen LogP contribution in [0.15, 0.2) is 48.5 Å². The lowest BCUT2D eigenvalue weighted by molar-refractivity contribution is 0.102. The average molecular weight is 306 g/mol. The second-order valence-corrected chi connectivity index (χ2v) is 5.49. The highest BCUT2D eigenvalue weighted by atomic mass is 16.2. The van der Waals surface area contributed by atoms with Crippen LogP contribution in [0.3, 0.4) is 0 Å². The van der Waals surface area contributed by atoms with E-state index < -0.39 is 0 Å². The van der Waals surface area contributed by atoms with E-state index in [2.05, 4.69) is 15.6 Å². The van der Waals surface area contributed by atoms with Crippen LogP contribution in [0, 0.1) is 20.8 Å². The smallest absolute Gasteiger partial charge is 0.278 e. The van der Waals surface area contributed by atoms with Crippen LogP contribution in [0.25, 0.3) is 5.69 Å². The molecule has 1 N–H and O–H groups in total. The van der Waals surface area contributed by atoms with Crippen LogP contribution in [-0.2, 0) is 0 Å². The highest BCUT2D eigenvalue weighted by Crippen LogP contribution is 2.21. The van der Waals surface area contributed by atoms with Crippen molar-refractivity contribution in [3.8, 4) is 5.69 Å². The highest BCUT2D eigenvalue weighted by molar-refractivity contribution is 6.04. The van der Waals surface area contributed by atoms with Crippen molar-refractivity contribution in [3.05, 3.63) is 71.0 Å². The summed E-state index contributed by atoms with van der Waals surface area (Å²) in [7, 11) is 0. The first-order valence-electron chi connectivity index (χ1n) is 7.43. The van der Waals surface area contributed by atoms with Crippen LogP contribution in [0.5, 0.6) is 0 Å². The standard InChI is InChI=1S/C18H18N4O/c1-12-8-7-9-13(2)16(12)19-18(23)17-14(3)22(21-20-17)15-10-5-4-6-11-15/h4-11H,1-3H3,(H,19,23). The minimum atomic E-state index is -0.248. The first-order chi connectivity index (χ1) is 11.1. The van der Waals surface area contributed by atoms with E-state index in [9.17, 15) is 4.79 Å². The van der Waals surface area contributed by atoms with Crippen molar-refractivity contribution in [1.29, 1.82) is 0 Å². The maximum atomic E-state index is 12.6. The van der Waals surface area contributed by atoms with E-state index in [1.165, 1.54) is 0 Å². The molecule has 0 spiro atoms. The Morgan fingerprint density at radius 1 is 0.957 bits per heavy atom. The Labute approximate surface area is 135 Å². The maximum Gasteiger partial charge on any atom is 0.278 e. The molecule has 0 fully saturated rings. The molecule has 0 saturated heterocycles. The molecule has 5 nitrogen and oxygen atoms in total. The zero-order valence-corrected chi connectivity index (χ0v) is 13.4. The number of aryl methyl sites for hydroxylation is 2. The lowest BCUT2D eigenvalue weighted by Crippen LogP contribution is -2.15. The number of carbonyl (C=O) groups is 1. The van der Waals surface area contributed by atoms with Gasteiger partial charge in [0.05, 0.1) is 11.4 Å². The number of nitrogens with zero attached hydrogens (tertiary/aromatic N) is 3. The topological polar surface area (TPSA) is 59.8 Å². The number of benzene rings is 2. The van der Waals surface area contributed by atoms with E-state index in [1.54, 1.807) is 4.68 Å². The third-order valence-corrected chi connectivity index (χ3v) is 3.83. The minimum absolute atomic E-state index is 0.248. The molecule has 0 atom stereocenters. The molecule has 1 aromatic heterocycles. The molecule has 3 rings (SSSR count). The molecule has 5 heteroatoms. The normalized spacial score (nSPS) is 10.6. The highest BCUT2D eigenvalue weighted by Gasteiger charge is 2.18. The van der Waals surface area contributed by atoms with Crippen molar-refractivity contribution in [2.45, 2.75) is 20.8 Å². The van der Waals surface area contributed by atoms with Gasteiger partial charge in [-0.1, -0.05) is 41.6 Å². The summed E-state index contributed by atoms with van der Waals surface area (Å²) in [6.07, 6.45) is 0. The molecule has 116 valence electrons. The van der Waals surface area contributed by atoms with Gasteiger partial charge in [0.15, 0.2) is 5.69 Å². The van der Waals surface area contributed by atoms with Crippen LogP contribution in [0.4, 0.5) is 5.69 Å². The molecule has 0 aliphatic carbocycles. The van der Waals surface area contributed by atoms with E-state index in [1.807, 2.05) is 69.3 Å². The molecule has 1 heterocycles. The number of para-hydroxylation sites is 2. The van der Waals surface area contributed by atoms with Gasteiger partial charge in [-0.15, -0.1) is 5.10 Å². The Bertz CT molecular complexity index is 832. The number of nitrogens with one attached hydrogen (secondary N) is 1. The van der Waals surface area contributed by atoms with Gasteiger partial charge in [0.1, 0.15) is 0 Å². The van der Waals surface area contributed by atoms with Gasteiger partial charge >= 0.3 is 0 Å². The fourth-order valence-corrected chi connectivity index (χ4v) is 2.54. The molecular formula is C18H18N4O. The van der Waals surface area contributed by atoms with E-state index in [4.69, 9.17) is 0 Å². The van der Waals surface area contributed by atoms with Gasteiger partial charge in [0, 0.05) is 5.69 Å².